The van der Waals surface area contributed by atoms with Crippen molar-refractivity contribution in [1.82, 2.24) is 0 Å². The highest BCUT2D eigenvalue weighted by Gasteiger charge is 1.93. The molecule has 0 saturated carbocycles. The fraction of sp³-hybridized carbons (Fsp3) is 0.304. The van der Waals surface area contributed by atoms with Crippen molar-refractivity contribution in [2.45, 2.75) is 38.5 Å². The lowest BCUT2D eigenvalue weighted by molar-refractivity contribution is 0.629. The Balaban J connectivity index is 1.45. The second kappa shape index (κ2) is 11.3. The third-order valence-electron chi connectivity index (χ3n) is 4.13. The third-order valence-corrected chi connectivity index (χ3v) is 4.13. The minimum Gasteiger partial charge on any atom is -0.385 e. The number of anilines is 1. The molecule has 2 aromatic carbocycles. The zero-order valence-electron chi connectivity index (χ0n) is 14.6. The predicted molar refractivity (Wildman–Crippen MR) is 108 cm³/mol. The molecule has 0 bridgehead atoms. The molecule has 24 heavy (non-hydrogen) atoms. The number of unbranched alkanes of at least 4 members (excludes halogenated alkanes) is 5. The van der Waals surface area contributed by atoms with Gasteiger partial charge in [0, 0.05) is 12.2 Å². The molecule has 0 aromatic heterocycles. The van der Waals surface area contributed by atoms with Crippen molar-refractivity contribution < 1.29 is 0 Å². The van der Waals surface area contributed by atoms with E-state index in [2.05, 4.69) is 78.6 Å². The Labute approximate surface area is 147 Å². The number of hydrogen-bond donors (Lipinski definition) is 1. The minimum absolute atomic E-state index is 1.06. The van der Waals surface area contributed by atoms with Gasteiger partial charge in [-0.05, 0) is 42.5 Å². The lowest BCUT2D eigenvalue weighted by atomic mass is 10.1. The summed E-state index contributed by atoms with van der Waals surface area (Å²) in [5.41, 5.74) is 3.67. The molecule has 0 unspecified atom stereocenters. The maximum absolute atomic E-state index is 3.77. The van der Waals surface area contributed by atoms with E-state index in [-0.39, 0.29) is 0 Å². The Bertz CT molecular complexity index is 596. The standard InChI is InChI=1S/C23H29N/c1-2-21-16-18-23(19-17-21)24-20-12-7-5-3-4-6-9-13-22-14-10-8-11-15-22/h2,8-11,13-19,24H,1,3-7,12,20H2. The molecule has 1 N–H and O–H groups in total. The SMILES string of the molecule is C=Cc1ccc(NCCCCCCCC=Cc2ccccc2)cc1. The van der Waals surface area contributed by atoms with Crippen LogP contribution in [0, 0.1) is 0 Å². The average molecular weight is 319 g/mol. The summed E-state index contributed by atoms with van der Waals surface area (Å²) in [5.74, 6) is 0. The summed E-state index contributed by atoms with van der Waals surface area (Å²) < 4.78 is 0. The molecule has 126 valence electrons. The molecule has 0 radical (unpaired) electrons. The van der Waals surface area contributed by atoms with Gasteiger partial charge >= 0.3 is 0 Å². The van der Waals surface area contributed by atoms with Gasteiger partial charge in [-0.15, -0.1) is 0 Å². The van der Waals surface area contributed by atoms with Crippen molar-refractivity contribution in [3.63, 3.8) is 0 Å². The van der Waals surface area contributed by atoms with Crippen LogP contribution in [0.3, 0.4) is 0 Å². The van der Waals surface area contributed by atoms with E-state index in [0.717, 1.165) is 6.54 Å². The molecule has 0 aliphatic rings. The fourth-order valence-electron chi connectivity index (χ4n) is 2.67. The van der Waals surface area contributed by atoms with E-state index in [4.69, 9.17) is 0 Å². The van der Waals surface area contributed by atoms with E-state index in [1.165, 1.54) is 55.3 Å². The molecule has 0 atom stereocenters. The van der Waals surface area contributed by atoms with Crippen LogP contribution in [0.15, 0.2) is 67.3 Å². The van der Waals surface area contributed by atoms with Crippen LogP contribution in [0.1, 0.15) is 49.7 Å². The molecule has 0 spiro atoms. The largest absolute Gasteiger partial charge is 0.385 e. The summed E-state index contributed by atoms with van der Waals surface area (Å²) in [6.45, 7) is 4.83. The number of allylic oxidation sites excluding steroid dienone is 1. The van der Waals surface area contributed by atoms with E-state index in [0.29, 0.717) is 0 Å². The van der Waals surface area contributed by atoms with Crippen molar-refractivity contribution >= 4 is 17.8 Å². The lowest BCUT2D eigenvalue weighted by Gasteiger charge is -2.06. The van der Waals surface area contributed by atoms with Gasteiger partial charge in [0.25, 0.3) is 0 Å². The number of benzene rings is 2. The van der Waals surface area contributed by atoms with Crippen molar-refractivity contribution in [3.05, 3.63) is 78.4 Å². The second-order valence-corrected chi connectivity index (χ2v) is 6.12. The van der Waals surface area contributed by atoms with E-state index in [1.807, 2.05) is 6.08 Å². The first-order valence-electron chi connectivity index (χ1n) is 9.06. The van der Waals surface area contributed by atoms with Crippen LogP contribution < -0.4 is 5.32 Å². The highest BCUT2D eigenvalue weighted by molar-refractivity contribution is 5.53. The third kappa shape index (κ3) is 7.32. The second-order valence-electron chi connectivity index (χ2n) is 6.12. The van der Waals surface area contributed by atoms with Crippen LogP contribution in [-0.4, -0.2) is 6.54 Å². The molecule has 0 fully saturated rings. The lowest BCUT2D eigenvalue weighted by Crippen LogP contribution is -2.01. The fourth-order valence-corrected chi connectivity index (χ4v) is 2.67. The van der Waals surface area contributed by atoms with E-state index in [9.17, 15) is 0 Å². The first-order valence-corrected chi connectivity index (χ1v) is 9.06. The Morgan fingerprint density at radius 1 is 0.750 bits per heavy atom. The first kappa shape index (κ1) is 18.1. The van der Waals surface area contributed by atoms with Gasteiger partial charge in [0.1, 0.15) is 0 Å². The van der Waals surface area contributed by atoms with Gasteiger partial charge in [0.2, 0.25) is 0 Å². The summed E-state index contributed by atoms with van der Waals surface area (Å²) in [5, 5.41) is 3.48. The van der Waals surface area contributed by atoms with Gasteiger partial charge < -0.3 is 5.32 Å². The van der Waals surface area contributed by atoms with Gasteiger partial charge in [-0.3, -0.25) is 0 Å². The van der Waals surface area contributed by atoms with Crippen molar-refractivity contribution in [3.8, 4) is 0 Å². The average Bonchev–Trinajstić information content (AvgIpc) is 2.64. The number of nitrogens with one attached hydrogen (secondary N) is 1. The van der Waals surface area contributed by atoms with Gasteiger partial charge in [-0.2, -0.15) is 0 Å². The Morgan fingerprint density at radius 2 is 1.46 bits per heavy atom. The molecular formula is C23H29N. The molecule has 2 rings (SSSR count). The first-order chi connectivity index (χ1) is 11.9. The summed E-state index contributed by atoms with van der Waals surface area (Å²) >= 11 is 0. The van der Waals surface area contributed by atoms with Crippen LogP contribution >= 0.6 is 0 Å². The van der Waals surface area contributed by atoms with Crippen LogP contribution in [0.25, 0.3) is 12.2 Å². The summed E-state index contributed by atoms with van der Waals surface area (Å²) in [4.78, 5) is 0. The van der Waals surface area contributed by atoms with Crippen LogP contribution in [0.2, 0.25) is 0 Å². The predicted octanol–water partition coefficient (Wildman–Crippen LogP) is 6.80. The van der Waals surface area contributed by atoms with Crippen LogP contribution in [0.4, 0.5) is 5.69 Å². The van der Waals surface area contributed by atoms with Crippen LogP contribution in [-0.2, 0) is 0 Å². The maximum Gasteiger partial charge on any atom is 0.0340 e. The zero-order chi connectivity index (χ0) is 16.9. The molecule has 2 aromatic rings. The molecule has 0 heterocycles. The van der Waals surface area contributed by atoms with Gasteiger partial charge in [-0.1, -0.05) is 86.5 Å². The van der Waals surface area contributed by atoms with Gasteiger partial charge in [-0.25, -0.2) is 0 Å². The summed E-state index contributed by atoms with van der Waals surface area (Å²) in [7, 11) is 0. The smallest absolute Gasteiger partial charge is 0.0340 e. The highest BCUT2D eigenvalue weighted by atomic mass is 14.9. The van der Waals surface area contributed by atoms with E-state index >= 15 is 0 Å². The normalized spacial score (nSPS) is 10.8. The monoisotopic (exact) mass is 319 g/mol. The number of hydrogen-bond acceptors (Lipinski definition) is 1. The van der Waals surface area contributed by atoms with E-state index < -0.39 is 0 Å². The summed E-state index contributed by atoms with van der Waals surface area (Å²) in [6, 6.07) is 19.0. The molecule has 0 aliphatic heterocycles. The Morgan fingerprint density at radius 3 is 2.21 bits per heavy atom. The molecule has 0 aliphatic carbocycles. The Kier molecular flexibility index (Phi) is 8.49. The molecule has 0 amide bonds. The van der Waals surface area contributed by atoms with Crippen molar-refractivity contribution in [2.75, 3.05) is 11.9 Å². The van der Waals surface area contributed by atoms with Crippen LogP contribution in [0.5, 0.6) is 0 Å². The van der Waals surface area contributed by atoms with Gasteiger partial charge in [0.15, 0.2) is 0 Å². The molecular weight excluding hydrogens is 290 g/mol. The van der Waals surface area contributed by atoms with E-state index in [1.54, 1.807) is 0 Å². The van der Waals surface area contributed by atoms with Crippen molar-refractivity contribution in [2.24, 2.45) is 0 Å². The maximum atomic E-state index is 3.77. The zero-order valence-corrected chi connectivity index (χ0v) is 14.6. The molecule has 1 nitrogen and oxygen atoms in total. The minimum atomic E-state index is 1.06. The van der Waals surface area contributed by atoms with Crippen molar-refractivity contribution in [1.29, 1.82) is 0 Å². The topological polar surface area (TPSA) is 12.0 Å². The molecule has 0 saturated heterocycles. The quantitative estimate of drug-likeness (QED) is 0.449. The van der Waals surface area contributed by atoms with Gasteiger partial charge in [0.05, 0.1) is 0 Å². The molecule has 1 heteroatoms. The number of rotatable bonds is 11. The summed E-state index contributed by atoms with van der Waals surface area (Å²) in [6.07, 6.45) is 14.1. The highest BCUT2D eigenvalue weighted by Crippen LogP contribution is 2.11. The Hall–Kier alpha value is -2.28.